The van der Waals surface area contributed by atoms with Gasteiger partial charge >= 0.3 is 0 Å². The van der Waals surface area contributed by atoms with E-state index in [4.69, 9.17) is 0 Å². The Hall–Kier alpha value is -1.36. The Morgan fingerprint density at radius 3 is 2.80 bits per heavy atom. The molecule has 0 bridgehead atoms. The topological polar surface area (TPSA) is 49.4 Å². The first-order valence-electron chi connectivity index (χ1n) is 6.81. The van der Waals surface area contributed by atoms with Crippen molar-refractivity contribution < 1.29 is 9.59 Å². The molecule has 1 N–H and O–H groups in total. The average Bonchev–Trinajstić information content (AvgIpc) is 2.43. The van der Waals surface area contributed by atoms with Crippen LogP contribution in [0.15, 0.2) is 22.7 Å². The molecule has 4 nitrogen and oxygen atoms in total. The van der Waals surface area contributed by atoms with Gasteiger partial charge in [-0.3, -0.25) is 9.59 Å². The van der Waals surface area contributed by atoms with Crippen LogP contribution >= 0.6 is 15.9 Å². The number of aryl methyl sites for hydroxylation is 1. The molecule has 1 aliphatic heterocycles. The Morgan fingerprint density at radius 2 is 2.15 bits per heavy atom. The zero-order valence-corrected chi connectivity index (χ0v) is 13.5. The van der Waals surface area contributed by atoms with E-state index in [1.54, 1.807) is 4.90 Å². The molecule has 1 saturated heterocycles. The third-order valence-electron chi connectivity index (χ3n) is 3.76. The Bertz CT molecular complexity index is 545. The van der Waals surface area contributed by atoms with Crippen molar-refractivity contribution >= 4 is 33.4 Å². The number of anilines is 1. The fourth-order valence-corrected chi connectivity index (χ4v) is 2.79. The fraction of sp³-hybridized carbons (Fsp3) is 0.467. The number of rotatable bonds is 3. The van der Waals surface area contributed by atoms with Gasteiger partial charge in [-0.1, -0.05) is 26.3 Å². The third-order valence-corrected chi connectivity index (χ3v) is 4.43. The van der Waals surface area contributed by atoms with Crippen molar-refractivity contribution in [1.82, 2.24) is 5.32 Å². The first-order chi connectivity index (χ1) is 9.43. The van der Waals surface area contributed by atoms with Gasteiger partial charge in [-0.05, 0) is 46.5 Å². The van der Waals surface area contributed by atoms with Crippen molar-refractivity contribution in [2.24, 2.45) is 5.92 Å². The minimum Gasteiger partial charge on any atom is -0.342 e. The van der Waals surface area contributed by atoms with E-state index in [1.807, 2.05) is 39.0 Å². The second-order valence-corrected chi connectivity index (χ2v) is 6.16. The number of carbonyl (C=O) groups is 2. The summed E-state index contributed by atoms with van der Waals surface area (Å²) in [5.74, 6) is -0.0219. The average molecular weight is 339 g/mol. The van der Waals surface area contributed by atoms with E-state index in [0.717, 1.165) is 22.1 Å². The number of halogens is 1. The van der Waals surface area contributed by atoms with Crippen molar-refractivity contribution in [2.75, 3.05) is 11.4 Å². The number of nitrogens with zero attached hydrogens (tertiary/aromatic N) is 1. The van der Waals surface area contributed by atoms with Crippen LogP contribution in [0.2, 0.25) is 0 Å². The van der Waals surface area contributed by atoms with E-state index in [1.165, 1.54) is 0 Å². The maximum absolute atomic E-state index is 12.6. The lowest BCUT2D eigenvalue weighted by Crippen LogP contribution is -2.60. The molecule has 0 aliphatic carbocycles. The zero-order valence-electron chi connectivity index (χ0n) is 11.9. The Morgan fingerprint density at radius 1 is 1.45 bits per heavy atom. The molecule has 0 aromatic heterocycles. The van der Waals surface area contributed by atoms with Gasteiger partial charge in [0.05, 0.1) is 5.69 Å². The van der Waals surface area contributed by atoms with Crippen molar-refractivity contribution in [1.29, 1.82) is 0 Å². The molecular formula is C15H19BrN2O2. The lowest BCUT2D eigenvalue weighted by molar-refractivity contribution is -0.132. The van der Waals surface area contributed by atoms with Gasteiger partial charge in [0.15, 0.2) is 0 Å². The molecule has 5 heteroatoms. The quantitative estimate of drug-likeness (QED) is 0.920. The van der Waals surface area contributed by atoms with E-state index >= 15 is 0 Å². The number of hydrogen-bond acceptors (Lipinski definition) is 2. The fourth-order valence-electron chi connectivity index (χ4n) is 2.33. The smallest absolute Gasteiger partial charge is 0.250 e. The van der Waals surface area contributed by atoms with Crippen LogP contribution in [-0.2, 0) is 9.59 Å². The van der Waals surface area contributed by atoms with E-state index in [2.05, 4.69) is 21.2 Å². The number of amides is 2. The summed E-state index contributed by atoms with van der Waals surface area (Å²) in [4.78, 5) is 26.1. The van der Waals surface area contributed by atoms with Gasteiger partial charge < -0.3 is 10.2 Å². The number of piperazine rings is 1. The Balaban J connectivity index is 2.37. The highest BCUT2D eigenvalue weighted by Gasteiger charge is 2.36. The van der Waals surface area contributed by atoms with Crippen LogP contribution in [0.3, 0.4) is 0 Å². The molecule has 0 spiro atoms. The monoisotopic (exact) mass is 338 g/mol. The van der Waals surface area contributed by atoms with Crippen LogP contribution in [0.1, 0.15) is 25.8 Å². The summed E-state index contributed by atoms with van der Waals surface area (Å²) in [6.45, 7) is 6.05. The summed E-state index contributed by atoms with van der Waals surface area (Å²) in [5, 5.41) is 2.81. The van der Waals surface area contributed by atoms with Gasteiger partial charge in [0.2, 0.25) is 11.8 Å². The molecular weight excluding hydrogens is 320 g/mol. The highest BCUT2D eigenvalue weighted by Crippen LogP contribution is 2.29. The first-order valence-corrected chi connectivity index (χ1v) is 7.60. The van der Waals surface area contributed by atoms with E-state index in [-0.39, 0.29) is 24.3 Å². The largest absolute Gasteiger partial charge is 0.342 e. The lowest BCUT2D eigenvalue weighted by Gasteiger charge is -2.35. The number of hydrogen-bond donors (Lipinski definition) is 1. The summed E-state index contributed by atoms with van der Waals surface area (Å²) in [5.41, 5.74) is 1.82. The molecule has 2 atom stereocenters. The van der Waals surface area contributed by atoms with E-state index in [0.29, 0.717) is 0 Å². The van der Waals surface area contributed by atoms with Gasteiger partial charge in [-0.15, -0.1) is 0 Å². The molecule has 108 valence electrons. The van der Waals surface area contributed by atoms with Gasteiger partial charge in [0.25, 0.3) is 0 Å². The molecule has 1 fully saturated rings. The van der Waals surface area contributed by atoms with Crippen LogP contribution in [0.25, 0.3) is 0 Å². The van der Waals surface area contributed by atoms with Crippen molar-refractivity contribution in [3.05, 3.63) is 28.2 Å². The van der Waals surface area contributed by atoms with Crippen LogP contribution < -0.4 is 10.2 Å². The standard InChI is InChI=1S/C15H19BrN2O2/c1-4-10(3)14-15(20)18(8-13(19)17-14)12-7-9(2)5-6-11(12)16/h5-7,10,14H,4,8H2,1-3H3,(H,17,19). The van der Waals surface area contributed by atoms with Crippen LogP contribution in [0, 0.1) is 12.8 Å². The van der Waals surface area contributed by atoms with Crippen LogP contribution in [0.4, 0.5) is 5.69 Å². The molecule has 2 amide bonds. The molecule has 2 rings (SSSR count). The molecule has 1 aromatic rings. The second kappa shape index (κ2) is 5.95. The van der Waals surface area contributed by atoms with Gasteiger partial charge in [-0.2, -0.15) is 0 Å². The maximum Gasteiger partial charge on any atom is 0.250 e. The number of carbonyl (C=O) groups excluding carboxylic acids is 2. The van der Waals surface area contributed by atoms with Gasteiger partial charge in [0.1, 0.15) is 12.6 Å². The van der Waals surface area contributed by atoms with Crippen molar-refractivity contribution in [3.63, 3.8) is 0 Å². The number of nitrogens with one attached hydrogen (secondary N) is 1. The molecule has 0 saturated carbocycles. The summed E-state index contributed by atoms with van der Waals surface area (Å²) in [6.07, 6.45) is 0.847. The minimum absolute atomic E-state index is 0.0368. The zero-order chi connectivity index (χ0) is 14.9. The number of benzene rings is 1. The van der Waals surface area contributed by atoms with Crippen LogP contribution in [0.5, 0.6) is 0 Å². The maximum atomic E-state index is 12.6. The Labute approximate surface area is 127 Å². The minimum atomic E-state index is -0.436. The van der Waals surface area contributed by atoms with Crippen molar-refractivity contribution in [3.8, 4) is 0 Å². The molecule has 20 heavy (non-hydrogen) atoms. The molecule has 1 aromatic carbocycles. The molecule has 1 heterocycles. The van der Waals surface area contributed by atoms with Crippen LogP contribution in [-0.4, -0.2) is 24.4 Å². The first kappa shape index (κ1) is 15.0. The normalized spacial score (nSPS) is 20.8. The summed E-state index contributed by atoms with van der Waals surface area (Å²) < 4.78 is 0.828. The molecule has 2 unspecified atom stereocenters. The van der Waals surface area contributed by atoms with Gasteiger partial charge in [-0.25, -0.2) is 0 Å². The Kier molecular flexibility index (Phi) is 4.48. The highest BCUT2D eigenvalue weighted by atomic mass is 79.9. The predicted octanol–water partition coefficient (Wildman–Crippen LogP) is 2.64. The van der Waals surface area contributed by atoms with E-state index < -0.39 is 6.04 Å². The summed E-state index contributed by atoms with van der Waals surface area (Å²) >= 11 is 3.46. The molecule has 0 radical (unpaired) electrons. The highest BCUT2D eigenvalue weighted by molar-refractivity contribution is 9.10. The SMILES string of the molecule is CCC(C)C1NC(=O)CN(c2cc(C)ccc2Br)C1=O. The van der Waals surface area contributed by atoms with E-state index in [9.17, 15) is 9.59 Å². The lowest BCUT2D eigenvalue weighted by atomic mass is 9.96. The molecule has 1 aliphatic rings. The van der Waals surface area contributed by atoms with Gasteiger partial charge in [0, 0.05) is 4.47 Å². The predicted molar refractivity (Wildman–Crippen MR) is 82.6 cm³/mol. The summed E-state index contributed by atoms with van der Waals surface area (Å²) in [7, 11) is 0. The second-order valence-electron chi connectivity index (χ2n) is 5.31. The third kappa shape index (κ3) is 2.87. The van der Waals surface area contributed by atoms with Crippen molar-refractivity contribution in [2.45, 2.75) is 33.2 Å². The summed E-state index contributed by atoms with van der Waals surface area (Å²) in [6, 6.07) is 5.36.